The molecule has 5 heteroatoms. The van der Waals surface area contributed by atoms with E-state index in [0.717, 1.165) is 18.7 Å². The summed E-state index contributed by atoms with van der Waals surface area (Å²) in [6.45, 7) is 1.78. The lowest BCUT2D eigenvalue weighted by atomic mass is 10.0. The zero-order chi connectivity index (χ0) is 12.3. The van der Waals surface area contributed by atoms with Crippen LogP contribution in [0.15, 0.2) is 18.2 Å². The third-order valence-electron chi connectivity index (χ3n) is 2.66. The van der Waals surface area contributed by atoms with Gasteiger partial charge in [0.05, 0.1) is 18.3 Å². The van der Waals surface area contributed by atoms with E-state index < -0.39 is 23.0 Å². The quantitative estimate of drug-likeness (QED) is 0.815. The Labute approximate surface area is 97.8 Å². The van der Waals surface area contributed by atoms with E-state index >= 15 is 0 Å². The van der Waals surface area contributed by atoms with Crippen LogP contribution in [0.1, 0.15) is 16.8 Å². The molecule has 1 unspecified atom stereocenters. The van der Waals surface area contributed by atoms with Gasteiger partial charge in [0, 0.05) is 19.5 Å². The van der Waals surface area contributed by atoms with E-state index in [2.05, 4.69) is 5.32 Å². The first-order valence-electron chi connectivity index (χ1n) is 5.48. The predicted octanol–water partition coefficient (Wildman–Crippen LogP) is 1.53. The van der Waals surface area contributed by atoms with Gasteiger partial charge in [-0.05, 0) is 12.1 Å². The van der Waals surface area contributed by atoms with Crippen molar-refractivity contribution in [3.8, 4) is 0 Å². The van der Waals surface area contributed by atoms with Gasteiger partial charge in [-0.1, -0.05) is 6.07 Å². The van der Waals surface area contributed by atoms with E-state index in [1.54, 1.807) is 0 Å². The molecule has 1 aromatic carbocycles. The molecule has 1 atom stereocenters. The Bertz CT molecular complexity index is 397. The number of hydrogen-bond donors (Lipinski definition) is 1. The highest BCUT2D eigenvalue weighted by molar-refractivity contribution is 5.96. The number of nitrogens with one attached hydrogen (secondary N) is 1. The lowest BCUT2D eigenvalue weighted by Crippen LogP contribution is -2.39. The molecule has 1 N–H and O–H groups in total. The molecule has 0 saturated carbocycles. The van der Waals surface area contributed by atoms with Crippen molar-refractivity contribution in [1.82, 2.24) is 5.32 Å². The number of morpholine rings is 1. The Morgan fingerprint density at radius 1 is 1.41 bits per heavy atom. The second-order valence-corrected chi connectivity index (χ2v) is 3.92. The fourth-order valence-electron chi connectivity index (χ4n) is 1.82. The molecule has 1 aromatic rings. The molecule has 0 aromatic heterocycles. The van der Waals surface area contributed by atoms with Crippen LogP contribution in [-0.4, -0.2) is 31.6 Å². The molecule has 0 aliphatic carbocycles. The molecule has 3 nitrogen and oxygen atoms in total. The van der Waals surface area contributed by atoms with Crippen LogP contribution in [-0.2, 0) is 4.74 Å². The Morgan fingerprint density at radius 3 is 2.71 bits per heavy atom. The number of carbonyl (C=O) groups excluding carboxylic acids is 1. The highest BCUT2D eigenvalue weighted by Crippen LogP contribution is 2.16. The van der Waals surface area contributed by atoms with Gasteiger partial charge in [0.1, 0.15) is 11.6 Å². The Balaban J connectivity index is 2.08. The summed E-state index contributed by atoms with van der Waals surface area (Å²) in [4.78, 5) is 11.8. The first-order chi connectivity index (χ1) is 8.18. The molecule has 1 saturated heterocycles. The van der Waals surface area contributed by atoms with Gasteiger partial charge >= 0.3 is 0 Å². The van der Waals surface area contributed by atoms with Crippen molar-refractivity contribution in [3.05, 3.63) is 35.4 Å². The number of ketones is 1. The Morgan fingerprint density at radius 2 is 2.12 bits per heavy atom. The highest BCUT2D eigenvalue weighted by atomic mass is 19.1. The van der Waals surface area contributed by atoms with Crippen molar-refractivity contribution < 1.29 is 18.3 Å². The van der Waals surface area contributed by atoms with Gasteiger partial charge in [-0.25, -0.2) is 8.78 Å². The molecule has 0 radical (unpaired) electrons. The number of carbonyl (C=O) groups is 1. The van der Waals surface area contributed by atoms with Crippen LogP contribution in [0.25, 0.3) is 0 Å². The van der Waals surface area contributed by atoms with Crippen molar-refractivity contribution in [2.24, 2.45) is 0 Å². The van der Waals surface area contributed by atoms with Gasteiger partial charge in [-0.3, -0.25) is 4.79 Å². The van der Waals surface area contributed by atoms with E-state index in [1.165, 1.54) is 6.07 Å². The zero-order valence-electron chi connectivity index (χ0n) is 9.21. The molecule has 0 bridgehead atoms. The molecule has 1 aliphatic heterocycles. The number of benzene rings is 1. The number of Topliss-reactive ketones (excluding diaryl/α,β-unsaturated/α-hetero) is 1. The molecule has 0 amide bonds. The second kappa shape index (κ2) is 5.33. The van der Waals surface area contributed by atoms with Crippen molar-refractivity contribution in [3.63, 3.8) is 0 Å². The Hall–Kier alpha value is -1.33. The summed E-state index contributed by atoms with van der Waals surface area (Å²) < 4.78 is 32.0. The number of ether oxygens (including phenoxy) is 1. The van der Waals surface area contributed by atoms with E-state index in [1.807, 2.05) is 0 Å². The van der Waals surface area contributed by atoms with Crippen molar-refractivity contribution in [2.75, 3.05) is 19.7 Å². The minimum Gasteiger partial charge on any atom is -0.375 e. The average Bonchev–Trinajstić information content (AvgIpc) is 2.30. The summed E-state index contributed by atoms with van der Waals surface area (Å²) in [6.07, 6.45) is -0.319. The molecule has 1 fully saturated rings. The largest absolute Gasteiger partial charge is 0.375 e. The van der Waals surface area contributed by atoms with Crippen LogP contribution in [0.3, 0.4) is 0 Å². The van der Waals surface area contributed by atoms with Gasteiger partial charge < -0.3 is 10.1 Å². The number of rotatable bonds is 3. The molecule has 1 heterocycles. The van der Waals surface area contributed by atoms with Crippen molar-refractivity contribution in [1.29, 1.82) is 0 Å². The number of halogens is 2. The molecule has 1 aliphatic rings. The summed E-state index contributed by atoms with van der Waals surface area (Å²) in [5, 5.41) is 3.06. The molecule has 92 valence electrons. The van der Waals surface area contributed by atoms with Crippen molar-refractivity contribution >= 4 is 5.78 Å². The van der Waals surface area contributed by atoms with Gasteiger partial charge in [0.15, 0.2) is 5.78 Å². The van der Waals surface area contributed by atoms with Crippen LogP contribution >= 0.6 is 0 Å². The van der Waals surface area contributed by atoms with Crippen LogP contribution in [0.4, 0.5) is 8.78 Å². The van der Waals surface area contributed by atoms with Crippen molar-refractivity contribution in [2.45, 2.75) is 12.5 Å². The zero-order valence-corrected chi connectivity index (χ0v) is 9.21. The molecule has 17 heavy (non-hydrogen) atoms. The summed E-state index contributed by atoms with van der Waals surface area (Å²) >= 11 is 0. The smallest absolute Gasteiger partial charge is 0.171 e. The lowest BCUT2D eigenvalue weighted by Gasteiger charge is -2.23. The minimum atomic E-state index is -0.821. The summed E-state index contributed by atoms with van der Waals surface area (Å²) in [5.74, 6) is -2.20. The van der Waals surface area contributed by atoms with Crippen LogP contribution < -0.4 is 5.32 Å². The fraction of sp³-hybridized carbons (Fsp3) is 0.417. The van der Waals surface area contributed by atoms with Gasteiger partial charge in [-0.15, -0.1) is 0 Å². The van der Waals surface area contributed by atoms with Crippen LogP contribution in [0.2, 0.25) is 0 Å². The van der Waals surface area contributed by atoms with Crippen LogP contribution in [0.5, 0.6) is 0 Å². The fourth-order valence-corrected chi connectivity index (χ4v) is 1.82. The van der Waals surface area contributed by atoms with E-state index in [9.17, 15) is 13.6 Å². The lowest BCUT2D eigenvalue weighted by molar-refractivity contribution is 0.0238. The maximum Gasteiger partial charge on any atom is 0.171 e. The van der Waals surface area contributed by atoms with Gasteiger partial charge in [-0.2, -0.15) is 0 Å². The topological polar surface area (TPSA) is 38.3 Å². The minimum absolute atomic E-state index is 0.00907. The Kier molecular flexibility index (Phi) is 3.81. The summed E-state index contributed by atoms with van der Waals surface area (Å²) in [5.41, 5.74) is -0.471. The first-order valence-corrected chi connectivity index (χ1v) is 5.48. The van der Waals surface area contributed by atoms with Gasteiger partial charge in [0.2, 0.25) is 0 Å². The predicted molar refractivity (Wildman–Crippen MR) is 57.9 cm³/mol. The maximum absolute atomic E-state index is 13.3. The summed E-state index contributed by atoms with van der Waals surface area (Å²) in [6, 6.07) is 3.40. The van der Waals surface area contributed by atoms with E-state index in [4.69, 9.17) is 4.74 Å². The monoisotopic (exact) mass is 241 g/mol. The SMILES string of the molecule is O=C(CC1CNCCO1)c1c(F)cccc1F. The molecule has 2 rings (SSSR count). The van der Waals surface area contributed by atoms with Crippen LogP contribution in [0, 0.1) is 11.6 Å². The van der Waals surface area contributed by atoms with E-state index in [0.29, 0.717) is 13.2 Å². The summed E-state index contributed by atoms with van der Waals surface area (Å²) in [7, 11) is 0. The third kappa shape index (κ3) is 2.87. The standard InChI is InChI=1S/C12H13F2NO2/c13-9-2-1-3-10(14)12(9)11(16)6-8-7-15-4-5-17-8/h1-3,8,15H,4-7H2. The highest BCUT2D eigenvalue weighted by Gasteiger charge is 2.22. The van der Waals surface area contributed by atoms with Gasteiger partial charge in [0.25, 0.3) is 0 Å². The molecular weight excluding hydrogens is 228 g/mol. The third-order valence-corrected chi connectivity index (χ3v) is 2.66. The molecule has 0 spiro atoms. The van der Waals surface area contributed by atoms with E-state index in [-0.39, 0.29) is 12.5 Å². The molecular formula is C12H13F2NO2. The first kappa shape index (κ1) is 12.1. The average molecular weight is 241 g/mol. The second-order valence-electron chi connectivity index (χ2n) is 3.92. The number of hydrogen-bond acceptors (Lipinski definition) is 3. The normalized spacial score (nSPS) is 20.2. The maximum atomic E-state index is 13.3.